The van der Waals surface area contributed by atoms with Crippen LogP contribution in [0.1, 0.15) is 19.8 Å². The largest absolute Gasteiger partial charge is 0.466 e. The Kier molecular flexibility index (Phi) is 11.0. The van der Waals surface area contributed by atoms with Crippen LogP contribution in [-0.4, -0.2) is 50.1 Å². The van der Waals surface area contributed by atoms with E-state index in [1.807, 2.05) is 0 Å². The molecule has 100 valence electrons. The van der Waals surface area contributed by atoms with E-state index in [1.54, 1.807) is 13.0 Å². The molecule has 0 heterocycles. The molecule has 2 N–H and O–H groups in total. The summed E-state index contributed by atoms with van der Waals surface area (Å²) in [4.78, 5) is 11.0. The highest BCUT2D eigenvalue weighted by Crippen LogP contribution is 1.93. The predicted molar refractivity (Wildman–Crippen MR) is 65.8 cm³/mol. The summed E-state index contributed by atoms with van der Waals surface area (Å²) >= 11 is 0. The molecule has 0 saturated carbocycles. The van der Waals surface area contributed by atoms with Gasteiger partial charge in [0.25, 0.3) is 0 Å². The molecule has 1 atom stereocenters. The number of aliphatic hydroxyl groups is 1. The Balaban J connectivity index is 3.29. The van der Waals surface area contributed by atoms with Gasteiger partial charge in [-0.3, -0.25) is 4.79 Å². The van der Waals surface area contributed by atoms with Gasteiger partial charge in [-0.1, -0.05) is 6.08 Å². The minimum atomic E-state index is -0.706. The van der Waals surface area contributed by atoms with E-state index in [1.165, 1.54) is 0 Å². The molecule has 0 aliphatic heterocycles. The normalized spacial score (nSPS) is 12.1. The van der Waals surface area contributed by atoms with Gasteiger partial charge in [-0.15, -0.1) is 6.58 Å². The molecule has 0 aliphatic rings. The zero-order valence-electron chi connectivity index (χ0n) is 10.5. The summed E-state index contributed by atoms with van der Waals surface area (Å²) in [5, 5.41) is 12.5. The number of hydrogen-bond donors (Lipinski definition) is 2. The summed E-state index contributed by atoms with van der Waals surface area (Å²) in [5.74, 6) is -0.371. The third-order valence-electron chi connectivity index (χ3n) is 1.98. The molecular weight excluding hydrogens is 222 g/mol. The van der Waals surface area contributed by atoms with Crippen LogP contribution in [0, 0.1) is 0 Å². The molecule has 1 unspecified atom stereocenters. The highest BCUT2D eigenvalue weighted by Gasteiger charge is 2.10. The Morgan fingerprint density at radius 2 is 2.29 bits per heavy atom. The van der Waals surface area contributed by atoms with Crippen LogP contribution in [0.15, 0.2) is 12.7 Å². The van der Waals surface area contributed by atoms with Crippen molar-refractivity contribution in [2.75, 3.05) is 32.9 Å². The van der Waals surface area contributed by atoms with E-state index in [-0.39, 0.29) is 12.4 Å². The number of ether oxygens (including phenoxy) is 2. The van der Waals surface area contributed by atoms with E-state index >= 15 is 0 Å². The topological polar surface area (TPSA) is 67.8 Å². The van der Waals surface area contributed by atoms with Crippen molar-refractivity contribution in [3.63, 3.8) is 0 Å². The number of rotatable bonds is 11. The maximum absolute atomic E-state index is 11.0. The van der Waals surface area contributed by atoms with Crippen LogP contribution in [0.2, 0.25) is 0 Å². The van der Waals surface area contributed by atoms with Crippen LogP contribution in [0.4, 0.5) is 0 Å². The fraction of sp³-hybridized carbons (Fsp3) is 0.750. The third-order valence-corrected chi connectivity index (χ3v) is 1.98. The molecule has 0 spiro atoms. The lowest BCUT2D eigenvalue weighted by atomic mass is 10.2. The lowest BCUT2D eigenvalue weighted by Gasteiger charge is -2.11. The number of esters is 1. The molecule has 0 aromatic carbocycles. The lowest BCUT2D eigenvalue weighted by molar-refractivity contribution is -0.145. The molecule has 0 saturated heterocycles. The standard InChI is InChI=1S/C12H23NO4/c1-3-5-7-16-8-6-13-10-11(14)9-12(15)17-4-2/h3,11,13-14H,1,4-10H2,2H3. The highest BCUT2D eigenvalue weighted by atomic mass is 16.5. The second-order valence-electron chi connectivity index (χ2n) is 3.56. The van der Waals surface area contributed by atoms with Gasteiger partial charge in [-0.05, 0) is 13.3 Å². The molecule has 0 rings (SSSR count). The van der Waals surface area contributed by atoms with Gasteiger partial charge in [-0.2, -0.15) is 0 Å². The summed E-state index contributed by atoms with van der Waals surface area (Å²) in [7, 11) is 0. The molecule has 0 radical (unpaired) electrons. The minimum absolute atomic E-state index is 0.0260. The first kappa shape index (κ1) is 16.1. The summed E-state index contributed by atoms with van der Waals surface area (Å²) < 4.78 is 9.99. The number of carbonyl (C=O) groups is 1. The molecule has 0 aliphatic carbocycles. The van der Waals surface area contributed by atoms with Crippen LogP contribution >= 0.6 is 0 Å². The first-order valence-corrected chi connectivity index (χ1v) is 5.93. The molecule has 5 heteroatoms. The van der Waals surface area contributed by atoms with Crippen LogP contribution in [-0.2, 0) is 14.3 Å². The molecular formula is C12H23NO4. The average Bonchev–Trinajstić information content (AvgIpc) is 2.28. The number of nitrogens with one attached hydrogen (secondary N) is 1. The first-order chi connectivity index (χ1) is 8.20. The van der Waals surface area contributed by atoms with Crippen molar-refractivity contribution in [2.45, 2.75) is 25.9 Å². The molecule has 0 aromatic rings. The molecule has 0 aromatic heterocycles. The van der Waals surface area contributed by atoms with Crippen LogP contribution in [0.3, 0.4) is 0 Å². The predicted octanol–water partition coefficient (Wildman–Crippen LogP) is 0.483. The van der Waals surface area contributed by atoms with Gasteiger partial charge in [-0.25, -0.2) is 0 Å². The van der Waals surface area contributed by atoms with Crippen molar-refractivity contribution in [3.8, 4) is 0 Å². The second kappa shape index (κ2) is 11.6. The van der Waals surface area contributed by atoms with Crippen molar-refractivity contribution >= 4 is 5.97 Å². The van der Waals surface area contributed by atoms with E-state index in [9.17, 15) is 9.90 Å². The summed E-state index contributed by atoms with van der Waals surface area (Å²) in [6.07, 6.45) is 1.96. The molecule has 5 nitrogen and oxygen atoms in total. The van der Waals surface area contributed by atoms with E-state index in [2.05, 4.69) is 11.9 Å². The van der Waals surface area contributed by atoms with E-state index in [4.69, 9.17) is 9.47 Å². The minimum Gasteiger partial charge on any atom is -0.466 e. The fourth-order valence-corrected chi connectivity index (χ4v) is 1.17. The summed E-state index contributed by atoms with van der Waals surface area (Å²) in [5.41, 5.74) is 0. The smallest absolute Gasteiger partial charge is 0.308 e. The Labute approximate surface area is 103 Å². The van der Waals surface area contributed by atoms with Crippen LogP contribution < -0.4 is 5.32 Å². The molecule has 0 amide bonds. The number of hydrogen-bond acceptors (Lipinski definition) is 5. The zero-order valence-corrected chi connectivity index (χ0v) is 10.5. The second-order valence-corrected chi connectivity index (χ2v) is 3.56. The monoisotopic (exact) mass is 245 g/mol. The van der Waals surface area contributed by atoms with Crippen molar-refractivity contribution in [1.29, 1.82) is 0 Å². The van der Waals surface area contributed by atoms with Gasteiger partial charge >= 0.3 is 5.97 Å². The Hall–Kier alpha value is -0.910. The Morgan fingerprint density at radius 3 is 2.94 bits per heavy atom. The molecule has 0 bridgehead atoms. The highest BCUT2D eigenvalue weighted by molar-refractivity contribution is 5.69. The first-order valence-electron chi connectivity index (χ1n) is 5.93. The van der Waals surface area contributed by atoms with Gasteiger partial charge in [0.15, 0.2) is 0 Å². The van der Waals surface area contributed by atoms with Gasteiger partial charge in [0.2, 0.25) is 0 Å². The lowest BCUT2D eigenvalue weighted by Crippen LogP contribution is -2.31. The maximum Gasteiger partial charge on any atom is 0.308 e. The Bertz CT molecular complexity index is 209. The van der Waals surface area contributed by atoms with Crippen LogP contribution in [0.25, 0.3) is 0 Å². The van der Waals surface area contributed by atoms with Crippen molar-refractivity contribution in [2.24, 2.45) is 0 Å². The van der Waals surface area contributed by atoms with Gasteiger partial charge in [0, 0.05) is 13.1 Å². The average molecular weight is 245 g/mol. The van der Waals surface area contributed by atoms with E-state index in [0.717, 1.165) is 6.42 Å². The summed E-state index contributed by atoms with van der Waals surface area (Å²) in [6.45, 7) is 7.93. The number of aliphatic hydroxyl groups excluding tert-OH is 1. The van der Waals surface area contributed by atoms with E-state index < -0.39 is 6.10 Å². The fourth-order valence-electron chi connectivity index (χ4n) is 1.17. The Morgan fingerprint density at radius 1 is 1.53 bits per heavy atom. The maximum atomic E-state index is 11.0. The van der Waals surface area contributed by atoms with Crippen molar-refractivity contribution in [1.82, 2.24) is 5.32 Å². The van der Waals surface area contributed by atoms with Gasteiger partial charge < -0.3 is 19.9 Å². The van der Waals surface area contributed by atoms with Gasteiger partial charge in [0.05, 0.1) is 32.3 Å². The quantitative estimate of drug-likeness (QED) is 0.315. The molecule has 0 fully saturated rings. The van der Waals surface area contributed by atoms with Crippen LogP contribution in [0.5, 0.6) is 0 Å². The third kappa shape index (κ3) is 11.4. The van der Waals surface area contributed by atoms with Crippen molar-refractivity contribution in [3.05, 3.63) is 12.7 Å². The van der Waals surface area contributed by atoms with E-state index in [0.29, 0.717) is 32.9 Å². The van der Waals surface area contributed by atoms with Gasteiger partial charge in [0.1, 0.15) is 0 Å². The molecule has 17 heavy (non-hydrogen) atoms. The van der Waals surface area contributed by atoms with Crippen molar-refractivity contribution < 1.29 is 19.4 Å². The number of carbonyl (C=O) groups excluding carboxylic acids is 1. The zero-order chi connectivity index (χ0) is 12.9. The summed E-state index contributed by atoms with van der Waals surface area (Å²) in [6, 6.07) is 0. The SMILES string of the molecule is C=CCCOCCNCC(O)CC(=O)OCC.